The lowest BCUT2D eigenvalue weighted by atomic mass is 9.99. The van der Waals surface area contributed by atoms with Crippen LogP contribution in [0.5, 0.6) is 11.5 Å². The smallest absolute Gasteiger partial charge is 0.335 e. The molecule has 0 saturated carbocycles. The Morgan fingerprint density at radius 2 is 1.60 bits per heavy atom. The van der Waals surface area contributed by atoms with Crippen molar-refractivity contribution < 1.29 is 14.6 Å². The lowest BCUT2D eigenvalue weighted by molar-refractivity contribution is 0.0696. The first-order valence-corrected chi connectivity index (χ1v) is 10.4. The zero-order chi connectivity index (χ0) is 20.5. The molecule has 1 saturated heterocycles. The van der Waals surface area contributed by atoms with Crippen molar-refractivity contribution in [3.8, 4) is 11.5 Å². The summed E-state index contributed by atoms with van der Waals surface area (Å²) in [4.78, 5) is 16.3. The Morgan fingerprint density at radius 1 is 0.900 bits per heavy atom. The third-order valence-corrected chi connectivity index (χ3v) is 5.98. The fourth-order valence-corrected chi connectivity index (χ4v) is 4.49. The van der Waals surface area contributed by atoms with Crippen LogP contribution in [0, 0.1) is 0 Å². The van der Waals surface area contributed by atoms with Crippen molar-refractivity contribution >= 4 is 17.3 Å². The maximum Gasteiger partial charge on any atom is 0.335 e. The van der Waals surface area contributed by atoms with Crippen LogP contribution in [-0.2, 0) is 6.54 Å². The Hall–Kier alpha value is -3.31. The van der Waals surface area contributed by atoms with E-state index in [0.29, 0.717) is 11.8 Å². The molecule has 0 bridgehead atoms. The number of rotatable bonds is 4. The summed E-state index contributed by atoms with van der Waals surface area (Å²) in [5, 5.41) is 9.37. The fraction of sp³-hybridized carbons (Fsp3) is 0.240. The van der Waals surface area contributed by atoms with Crippen LogP contribution >= 0.6 is 0 Å². The van der Waals surface area contributed by atoms with Gasteiger partial charge < -0.3 is 14.7 Å². The van der Waals surface area contributed by atoms with Gasteiger partial charge in [-0.05, 0) is 48.7 Å². The molecule has 0 aliphatic carbocycles. The molecule has 2 aliphatic heterocycles. The summed E-state index contributed by atoms with van der Waals surface area (Å²) >= 11 is 0. The van der Waals surface area contributed by atoms with Crippen molar-refractivity contribution in [3.05, 3.63) is 83.9 Å². The second-order valence-corrected chi connectivity index (χ2v) is 7.92. The van der Waals surface area contributed by atoms with Crippen LogP contribution in [-0.4, -0.2) is 35.1 Å². The van der Waals surface area contributed by atoms with Crippen molar-refractivity contribution in [1.29, 1.82) is 0 Å². The molecule has 3 aromatic carbocycles. The number of para-hydroxylation sites is 2. The summed E-state index contributed by atoms with van der Waals surface area (Å²) in [7, 11) is 0. The molecule has 0 spiro atoms. The van der Waals surface area contributed by atoms with E-state index in [1.807, 2.05) is 24.3 Å². The van der Waals surface area contributed by atoms with Crippen molar-refractivity contribution in [2.24, 2.45) is 0 Å². The third kappa shape index (κ3) is 3.53. The number of piperidine rings is 1. The minimum absolute atomic E-state index is 0.241. The molecule has 2 aliphatic rings. The second kappa shape index (κ2) is 7.84. The number of anilines is 2. The minimum Gasteiger partial charge on any atom is -0.478 e. The van der Waals surface area contributed by atoms with Crippen molar-refractivity contribution in [2.75, 3.05) is 18.0 Å². The number of carbonyl (C=O) groups is 1. The van der Waals surface area contributed by atoms with Gasteiger partial charge in [0, 0.05) is 25.7 Å². The molecule has 0 radical (unpaired) electrons. The summed E-state index contributed by atoms with van der Waals surface area (Å²) in [5.74, 6) is 0.445. The van der Waals surface area contributed by atoms with Gasteiger partial charge in [-0.2, -0.15) is 0 Å². The number of fused-ring (bicyclic) bond motifs is 2. The largest absolute Gasteiger partial charge is 0.478 e. The molecule has 0 unspecified atom stereocenters. The molecule has 0 amide bonds. The number of likely N-dealkylation sites (tertiary alicyclic amines) is 1. The molecule has 30 heavy (non-hydrogen) atoms. The Kier molecular flexibility index (Phi) is 4.89. The summed E-state index contributed by atoms with van der Waals surface area (Å²) < 4.78 is 6.07. The zero-order valence-electron chi connectivity index (χ0n) is 16.7. The monoisotopic (exact) mass is 400 g/mol. The van der Waals surface area contributed by atoms with Gasteiger partial charge in [-0.1, -0.05) is 42.5 Å². The van der Waals surface area contributed by atoms with Crippen LogP contribution in [0.3, 0.4) is 0 Å². The molecule has 2 heterocycles. The van der Waals surface area contributed by atoms with Crippen molar-refractivity contribution in [1.82, 2.24) is 4.90 Å². The highest BCUT2D eigenvalue weighted by molar-refractivity contribution is 5.90. The quantitative estimate of drug-likeness (QED) is 0.645. The van der Waals surface area contributed by atoms with E-state index in [2.05, 4.69) is 46.2 Å². The number of benzene rings is 3. The van der Waals surface area contributed by atoms with E-state index in [-0.39, 0.29) is 5.56 Å². The van der Waals surface area contributed by atoms with Crippen LogP contribution in [0.15, 0.2) is 72.8 Å². The third-order valence-electron chi connectivity index (χ3n) is 5.98. The van der Waals surface area contributed by atoms with Gasteiger partial charge in [-0.3, -0.25) is 4.90 Å². The van der Waals surface area contributed by atoms with E-state index >= 15 is 0 Å². The number of carboxylic acids is 1. The lowest BCUT2D eigenvalue weighted by Gasteiger charge is -2.42. The van der Waals surface area contributed by atoms with Gasteiger partial charge in [-0.15, -0.1) is 0 Å². The van der Waals surface area contributed by atoms with E-state index in [9.17, 15) is 9.90 Å². The second-order valence-electron chi connectivity index (χ2n) is 7.92. The molecule has 3 aromatic rings. The van der Waals surface area contributed by atoms with Crippen molar-refractivity contribution in [2.45, 2.75) is 25.4 Å². The number of ether oxygens (including phenoxy) is 1. The van der Waals surface area contributed by atoms with Gasteiger partial charge in [0.2, 0.25) is 0 Å². The number of carboxylic acid groups (broad SMARTS) is 1. The van der Waals surface area contributed by atoms with Crippen molar-refractivity contribution in [3.63, 3.8) is 0 Å². The number of hydrogen-bond acceptors (Lipinski definition) is 4. The Labute approximate surface area is 176 Å². The van der Waals surface area contributed by atoms with Gasteiger partial charge in [0.15, 0.2) is 11.5 Å². The molecule has 5 nitrogen and oxygen atoms in total. The molecule has 1 fully saturated rings. The average Bonchev–Trinajstić information content (AvgIpc) is 2.78. The number of aromatic carboxylic acids is 1. The molecule has 1 N–H and O–H groups in total. The lowest BCUT2D eigenvalue weighted by Crippen LogP contribution is -2.43. The van der Waals surface area contributed by atoms with Crippen LogP contribution in [0.25, 0.3) is 0 Å². The Morgan fingerprint density at radius 3 is 2.37 bits per heavy atom. The standard InChI is InChI=1S/C25H24N2O3/c28-25(29)19-10-11-22-24(16-19)30-23-9-5-4-8-21(23)27(22)20-12-14-26(15-13-20)17-18-6-2-1-3-7-18/h1-11,16,20H,12-15,17H2,(H,28,29). The Balaban J connectivity index is 1.40. The molecule has 5 heteroatoms. The summed E-state index contributed by atoms with van der Waals surface area (Å²) in [6.45, 7) is 3.04. The van der Waals surface area contributed by atoms with Crippen LogP contribution in [0.4, 0.5) is 11.4 Å². The highest BCUT2D eigenvalue weighted by atomic mass is 16.5. The first-order chi connectivity index (χ1) is 14.7. The highest BCUT2D eigenvalue weighted by Crippen LogP contribution is 2.49. The SMILES string of the molecule is O=C(O)c1ccc2c(c1)Oc1ccccc1N2C1CCN(Cc2ccccc2)CC1. The van der Waals surface area contributed by atoms with E-state index in [1.54, 1.807) is 12.1 Å². The number of nitrogens with zero attached hydrogens (tertiary/aromatic N) is 2. The highest BCUT2D eigenvalue weighted by Gasteiger charge is 2.32. The Bertz CT molecular complexity index is 1060. The van der Waals surface area contributed by atoms with Gasteiger partial charge in [0.1, 0.15) is 0 Å². The fourth-order valence-electron chi connectivity index (χ4n) is 4.49. The van der Waals surface area contributed by atoms with Gasteiger partial charge in [0.25, 0.3) is 0 Å². The maximum absolute atomic E-state index is 11.4. The molecule has 0 atom stereocenters. The predicted octanol–water partition coefficient (Wildman–Crippen LogP) is 5.29. The molecule has 0 aromatic heterocycles. The zero-order valence-corrected chi connectivity index (χ0v) is 16.7. The van der Waals surface area contributed by atoms with E-state index < -0.39 is 5.97 Å². The van der Waals surface area contributed by atoms with Gasteiger partial charge >= 0.3 is 5.97 Å². The first kappa shape index (κ1) is 18.7. The molecule has 152 valence electrons. The summed E-state index contributed by atoms with van der Waals surface area (Å²) in [6, 6.07) is 24.1. The van der Waals surface area contributed by atoms with E-state index in [1.165, 1.54) is 5.56 Å². The molecule has 5 rings (SSSR count). The first-order valence-electron chi connectivity index (χ1n) is 10.4. The van der Waals surface area contributed by atoms with Gasteiger partial charge in [-0.25, -0.2) is 4.79 Å². The maximum atomic E-state index is 11.4. The molecular formula is C25H24N2O3. The predicted molar refractivity (Wildman–Crippen MR) is 117 cm³/mol. The number of hydrogen-bond donors (Lipinski definition) is 1. The van der Waals surface area contributed by atoms with Gasteiger partial charge in [0.05, 0.1) is 16.9 Å². The van der Waals surface area contributed by atoms with E-state index in [4.69, 9.17) is 4.74 Å². The minimum atomic E-state index is -0.943. The average molecular weight is 400 g/mol. The van der Waals surface area contributed by atoms with Crippen LogP contribution in [0.2, 0.25) is 0 Å². The summed E-state index contributed by atoms with van der Waals surface area (Å²) in [6.07, 6.45) is 2.09. The summed E-state index contributed by atoms with van der Waals surface area (Å²) in [5.41, 5.74) is 3.58. The molecular weight excluding hydrogens is 376 g/mol. The normalized spacial score (nSPS) is 16.5. The van der Waals surface area contributed by atoms with Crippen LogP contribution in [0.1, 0.15) is 28.8 Å². The van der Waals surface area contributed by atoms with Crippen LogP contribution < -0.4 is 9.64 Å². The van der Waals surface area contributed by atoms with E-state index in [0.717, 1.165) is 49.6 Å². The topological polar surface area (TPSA) is 53.0 Å².